The fourth-order valence-electron chi connectivity index (χ4n) is 3.71. The second-order valence-electron chi connectivity index (χ2n) is 8.34. The van der Waals surface area contributed by atoms with Gasteiger partial charge in [-0.3, -0.25) is 9.59 Å². The summed E-state index contributed by atoms with van der Waals surface area (Å²) in [5, 5.41) is 6.58. The van der Waals surface area contributed by atoms with E-state index >= 15 is 0 Å². The number of nitrogens with one attached hydrogen (secondary N) is 2. The van der Waals surface area contributed by atoms with Crippen LogP contribution in [0.4, 0.5) is 5.00 Å². The van der Waals surface area contributed by atoms with Crippen molar-refractivity contribution in [2.45, 2.75) is 47.0 Å². The molecule has 0 aliphatic heterocycles. The van der Waals surface area contributed by atoms with Crippen molar-refractivity contribution in [1.82, 2.24) is 5.32 Å². The summed E-state index contributed by atoms with van der Waals surface area (Å²) < 4.78 is 0.850. The lowest BCUT2D eigenvalue weighted by Gasteiger charge is -2.33. The van der Waals surface area contributed by atoms with Crippen molar-refractivity contribution in [2.24, 2.45) is 11.3 Å². The summed E-state index contributed by atoms with van der Waals surface area (Å²) in [6.45, 7) is 9.30. The summed E-state index contributed by atoms with van der Waals surface area (Å²) in [5.74, 6) is 0.283. The van der Waals surface area contributed by atoms with Crippen LogP contribution in [0, 0.1) is 11.3 Å². The minimum absolute atomic E-state index is 0.0984. The van der Waals surface area contributed by atoms with Crippen LogP contribution in [0.2, 0.25) is 0 Å². The molecule has 6 heteroatoms. The number of hydrogen-bond acceptors (Lipinski definition) is 3. The minimum Gasteiger partial charge on any atom is -0.352 e. The molecule has 1 aliphatic carbocycles. The van der Waals surface area contributed by atoms with Crippen molar-refractivity contribution in [2.75, 3.05) is 11.9 Å². The molecule has 0 saturated carbocycles. The lowest BCUT2D eigenvalue weighted by molar-refractivity contribution is 0.0955. The first-order chi connectivity index (χ1) is 13.2. The molecule has 1 aliphatic rings. The molecule has 0 bridgehead atoms. The van der Waals surface area contributed by atoms with Gasteiger partial charge in [-0.05, 0) is 61.3 Å². The van der Waals surface area contributed by atoms with E-state index in [2.05, 4.69) is 47.3 Å². The lowest BCUT2D eigenvalue weighted by Crippen LogP contribution is -2.28. The van der Waals surface area contributed by atoms with E-state index in [0.29, 0.717) is 28.6 Å². The first-order valence-electron chi connectivity index (χ1n) is 9.70. The zero-order chi connectivity index (χ0) is 20.5. The summed E-state index contributed by atoms with van der Waals surface area (Å²) in [5.41, 5.74) is 2.56. The van der Waals surface area contributed by atoms with Crippen LogP contribution in [0.25, 0.3) is 0 Å². The Morgan fingerprint density at radius 1 is 1.25 bits per heavy atom. The van der Waals surface area contributed by atoms with Crippen LogP contribution in [0.5, 0.6) is 0 Å². The number of halogens is 1. The molecular formula is C22H27BrN2O2S. The second kappa shape index (κ2) is 8.37. The van der Waals surface area contributed by atoms with Crippen LogP contribution in [0.3, 0.4) is 0 Å². The molecule has 1 aromatic carbocycles. The number of thiophene rings is 1. The SMILES string of the molecule is CCNC(=O)c1c(NC(=O)c2cccc(Br)c2)sc2c1CCC(C(C)(C)C)C2. The van der Waals surface area contributed by atoms with Crippen molar-refractivity contribution in [3.05, 3.63) is 50.3 Å². The highest BCUT2D eigenvalue weighted by molar-refractivity contribution is 9.10. The molecule has 1 atom stereocenters. The quantitative estimate of drug-likeness (QED) is 0.615. The molecule has 4 nitrogen and oxygen atoms in total. The largest absolute Gasteiger partial charge is 0.352 e. The zero-order valence-electron chi connectivity index (χ0n) is 16.8. The normalized spacial score (nSPS) is 16.4. The van der Waals surface area contributed by atoms with Crippen molar-refractivity contribution >= 4 is 44.1 Å². The number of hydrogen-bond donors (Lipinski definition) is 2. The van der Waals surface area contributed by atoms with E-state index in [1.54, 1.807) is 23.5 Å². The second-order valence-corrected chi connectivity index (χ2v) is 10.4. The first kappa shape index (κ1) is 21.1. The van der Waals surface area contributed by atoms with Gasteiger partial charge in [0.15, 0.2) is 0 Å². The summed E-state index contributed by atoms with van der Waals surface area (Å²) in [6, 6.07) is 7.27. The minimum atomic E-state index is -0.196. The zero-order valence-corrected chi connectivity index (χ0v) is 19.2. The Bertz CT molecular complexity index is 898. The Kier molecular flexibility index (Phi) is 6.30. The van der Waals surface area contributed by atoms with Crippen LogP contribution in [0.1, 0.15) is 65.3 Å². The van der Waals surface area contributed by atoms with Gasteiger partial charge in [-0.15, -0.1) is 11.3 Å². The molecule has 0 radical (unpaired) electrons. The molecule has 1 heterocycles. The standard InChI is InChI=1S/C22H27BrN2O2S/c1-5-24-20(27)18-16-10-9-14(22(2,3)4)12-17(16)28-21(18)25-19(26)13-7-6-8-15(23)11-13/h6-8,11,14H,5,9-10,12H2,1-4H3,(H,24,27)(H,25,26). The number of anilines is 1. The third-order valence-electron chi connectivity index (χ3n) is 5.37. The summed E-state index contributed by atoms with van der Waals surface area (Å²) in [4.78, 5) is 26.8. The van der Waals surface area contributed by atoms with Gasteiger partial charge in [0, 0.05) is 21.5 Å². The molecule has 150 valence electrons. The van der Waals surface area contributed by atoms with Crippen molar-refractivity contribution < 1.29 is 9.59 Å². The van der Waals surface area contributed by atoms with Gasteiger partial charge in [0.1, 0.15) is 5.00 Å². The van der Waals surface area contributed by atoms with Gasteiger partial charge in [-0.25, -0.2) is 0 Å². The Morgan fingerprint density at radius 3 is 2.64 bits per heavy atom. The van der Waals surface area contributed by atoms with Crippen molar-refractivity contribution in [3.63, 3.8) is 0 Å². The topological polar surface area (TPSA) is 58.2 Å². The van der Waals surface area contributed by atoms with Crippen molar-refractivity contribution in [1.29, 1.82) is 0 Å². The van der Waals surface area contributed by atoms with Crippen LogP contribution >= 0.6 is 27.3 Å². The monoisotopic (exact) mass is 462 g/mol. The molecule has 1 unspecified atom stereocenters. The summed E-state index contributed by atoms with van der Waals surface area (Å²) in [7, 11) is 0. The number of benzene rings is 1. The van der Waals surface area contributed by atoms with E-state index < -0.39 is 0 Å². The average Bonchev–Trinajstić information content (AvgIpc) is 2.98. The van der Waals surface area contributed by atoms with Gasteiger partial charge in [0.2, 0.25) is 0 Å². The maximum Gasteiger partial charge on any atom is 0.256 e. The Hall–Kier alpha value is -1.66. The molecule has 28 heavy (non-hydrogen) atoms. The van der Waals surface area contributed by atoms with Crippen LogP contribution in [-0.4, -0.2) is 18.4 Å². The highest BCUT2D eigenvalue weighted by Gasteiger charge is 2.34. The summed E-state index contributed by atoms with van der Waals surface area (Å²) in [6.07, 6.45) is 2.91. The van der Waals surface area contributed by atoms with Crippen LogP contribution in [-0.2, 0) is 12.8 Å². The van der Waals surface area contributed by atoms with Gasteiger partial charge in [0.05, 0.1) is 5.56 Å². The highest BCUT2D eigenvalue weighted by atomic mass is 79.9. The van der Waals surface area contributed by atoms with E-state index in [1.165, 1.54) is 4.88 Å². The number of rotatable bonds is 4. The fourth-order valence-corrected chi connectivity index (χ4v) is 5.43. The molecule has 2 aromatic rings. The lowest BCUT2D eigenvalue weighted by atomic mass is 9.72. The van der Waals surface area contributed by atoms with Crippen LogP contribution in [0.15, 0.2) is 28.7 Å². The van der Waals surface area contributed by atoms with Crippen LogP contribution < -0.4 is 10.6 Å². The maximum atomic E-state index is 12.8. The Balaban J connectivity index is 1.95. The van der Waals surface area contributed by atoms with E-state index in [4.69, 9.17) is 0 Å². The Labute approximate surface area is 179 Å². The highest BCUT2D eigenvalue weighted by Crippen LogP contribution is 2.44. The van der Waals surface area contributed by atoms with Gasteiger partial charge < -0.3 is 10.6 Å². The third kappa shape index (κ3) is 4.49. The first-order valence-corrected chi connectivity index (χ1v) is 11.3. The smallest absolute Gasteiger partial charge is 0.256 e. The van der Waals surface area contributed by atoms with E-state index in [-0.39, 0.29) is 17.2 Å². The third-order valence-corrected chi connectivity index (χ3v) is 7.03. The predicted octanol–water partition coefficient (Wildman–Crippen LogP) is 5.66. The van der Waals surface area contributed by atoms with Gasteiger partial charge in [0.25, 0.3) is 11.8 Å². The number of fused-ring (bicyclic) bond motifs is 1. The van der Waals surface area contributed by atoms with Crippen molar-refractivity contribution in [3.8, 4) is 0 Å². The molecule has 0 spiro atoms. The van der Waals surface area contributed by atoms with E-state index in [1.807, 2.05) is 19.1 Å². The molecule has 3 rings (SSSR count). The number of carbonyl (C=O) groups excluding carboxylic acids is 2. The maximum absolute atomic E-state index is 12.8. The average molecular weight is 463 g/mol. The molecule has 0 saturated heterocycles. The molecule has 1 aromatic heterocycles. The number of amides is 2. The fraction of sp³-hybridized carbons (Fsp3) is 0.455. The Morgan fingerprint density at radius 2 is 2.00 bits per heavy atom. The molecular weight excluding hydrogens is 436 g/mol. The number of carbonyl (C=O) groups is 2. The van der Waals surface area contributed by atoms with E-state index in [9.17, 15) is 9.59 Å². The molecule has 2 N–H and O–H groups in total. The van der Waals surface area contributed by atoms with Gasteiger partial charge in [-0.2, -0.15) is 0 Å². The van der Waals surface area contributed by atoms with Gasteiger partial charge >= 0.3 is 0 Å². The predicted molar refractivity (Wildman–Crippen MR) is 119 cm³/mol. The molecule has 2 amide bonds. The summed E-state index contributed by atoms with van der Waals surface area (Å²) >= 11 is 4.96. The van der Waals surface area contributed by atoms with Gasteiger partial charge in [-0.1, -0.05) is 42.8 Å². The molecule has 0 fully saturated rings. The van der Waals surface area contributed by atoms with E-state index in [0.717, 1.165) is 29.3 Å².